The van der Waals surface area contributed by atoms with E-state index in [0.717, 1.165) is 16.0 Å². The predicted molar refractivity (Wildman–Crippen MR) is 147 cm³/mol. The number of nitrogens with two attached hydrogens (primary N) is 1. The number of hydrogen-bond donors (Lipinski definition) is 3. The van der Waals surface area contributed by atoms with Gasteiger partial charge in [0.1, 0.15) is 5.25 Å². The van der Waals surface area contributed by atoms with Crippen molar-refractivity contribution in [3.63, 3.8) is 0 Å². The van der Waals surface area contributed by atoms with Gasteiger partial charge in [0, 0.05) is 21.8 Å². The van der Waals surface area contributed by atoms with Gasteiger partial charge in [-0.25, -0.2) is 13.6 Å². The zero-order valence-electron chi connectivity index (χ0n) is 19.9. The summed E-state index contributed by atoms with van der Waals surface area (Å²) in [6, 6.07) is 29.6. The van der Waals surface area contributed by atoms with Crippen LogP contribution in [0.5, 0.6) is 0 Å². The molecule has 37 heavy (non-hydrogen) atoms. The van der Waals surface area contributed by atoms with Gasteiger partial charge in [0.2, 0.25) is 15.9 Å². The van der Waals surface area contributed by atoms with Crippen LogP contribution in [0.3, 0.4) is 0 Å². The Hall–Kier alpha value is -3.92. The largest absolute Gasteiger partial charge is 0.325 e. The van der Waals surface area contributed by atoms with Crippen LogP contribution in [-0.2, 0) is 14.8 Å². The third-order valence-corrected chi connectivity index (χ3v) is 7.59. The van der Waals surface area contributed by atoms with Gasteiger partial charge >= 0.3 is 0 Å². The first-order chi connectivity index (χ1) is 17.7. The quantitative estimate of drug-likeness (QED) is 0.264. The number of benzene rings is 4. The highest BCUT2D eigenvalue weighted by Gasteiger charge is 2.23. The Kier molecular flexibility index (Phi) is 8.08. The standard InChI is InChI=1S/C28H25N3O4S2/c1-19-7-5-10-21(17-19)27(32)31-23-11-6-12-24(18-23)36-26(20-8-3-2-4-9-20)28(33)30-22-13-15-25(16-14-22)37(29,34)35/h2-18,26H,1H3,(H,30,33)(H,31,32)(H2,29,34,35). The molecule has 0 aliphatic rings. The van der Waals surface area contributed by atoms with Crippen LogP contribution in [0.25, 0.3) is 0 Å². The second kappa shape index (κ2) is 11.4. The third-order valence-electron chi connectivity index (χ3n) is 5.42. The zero-order valence-corrected chi connectivity index (χ0v) is 21.6. The first-order valence-corrected chi connectivity index (χ1v) is 13.7. The molecule has 4 aromatic rings. The minimum absolute atomic E-state index is 0.0380. The molecule has 4 rings (SSSR count). The van der Waals surface area contributed by atoms with Crippen LogP contribution in [0, 0.1) is 6.92 Å². The summed E-state index contributed by atoms with van der Waals surface area (Å²) in [4.78, 5) is 26.8. The number of rotatable bonds is 8. The van der Waals surface area contributed by atoms with Gasteiger partial charge in [-0.1, -0.05) is 54.1 Å². The Morgan fingerprint density at radius 2 is 1.49 bits per heavy atom. The third kappa shape index (κ3) is 7.07. The minimum Gasteiger partial charge on any atom is -0.325 e. The number of sulfonamides is 1. The Morgan fingerprint density at radius 1 is 0.784 bits per heavy atom. The minimum atomic E-state index is -3.83. The fourth-order valence-electron chi connectivity index (χ4n) is 3.61. The molecule has 0 radical (unpaired) electrons. The number of carbonyl (C=O) groups excluding carboxylic acids is 2. The van der Waals surface area contributed by atoms with Crippen LogP contribution >= 0.6 is 11.8 Å². The smallest absolute Gasteiger partial charge is 0.255 e. The molecule has 0 bridgehead atoms. The van der Waals surface area contributed by atoms with Gasteiger partial charge in [-0.05, 0) is 67.1 Å². The monoisotopic (exact) mass is 531 g/mol. The van der Waals surface area contributed by atoms with Crippen LogP contribution in [0.1, 0.15) is 26.7 Å². The molecule has 0 aliphatic heterocycles. The van der Waals surface area contributed by atoms with Crippen molar-refractivity contribution in [3.05, 3.63) is 120 Å². The number of carbonyl (C=O) groups is 2. The summed E-state index contributed by atoms with van der Waals surface area (Å²) >= 11 is 1.34. The number of thioether (sulfide) groups is 1. The average Bonchev–Trinajstić information content (AvgIpc) is 2.88. The van der Waals surface area contributed by atoms with E-state index in [2.05, 4.69) is 10.6 Å². The number of aryl methyl sites for hydroxylation is 1. The van der Waals surface area contributed by atoms with Gasteiger partial charge in [-0.2, -0.15) is 0 Å². The topological polar surface area (TPSA) is 118 Å². The van der Waals surface area contributed by atoms with E-state index >= 15 is 0 Å². The zero-order chi connectivity index (χ0) is 26.4. The molecule has 0 aliphatic carbocycles. The Balaban J connectivity index is 1.53. The molecule has 0 saturated carbocycles. The molecule has 4 N–H and O–H groups in total. The molecule has 0 aromatic heterocycles. The van der Waals surface area contributed by atoms with Gasteiger partial charge < -0.3 is 10.6 Å². The molecule has 0 spiro atoms. The van der Waals surface area contributed by atoms with E-state index in [9.17, 15) is 18.0 Å². The lowest BCUT2D eigenvalue weighted by molar-refractivity contribution is -0.115. The Bertz CT molecular complexity index is 1520. The van der Waals surface area contributed by atoms with Crippen LogP contribution in [0.4, 0.5) is 11.4 Å². The lowest BCUT2D eigenvalue weighted by atomic mass is 10.1. The van der Waals surface area contributed by atoms with Crippen LogP contribution in [0.15, 0.2) is 113 Å². The molecule has 1 atom stereocenters. The SMILES string of the molecule is Cc1cccc(C(=O)Nc2cccc(SC(C(=O)Nc3ccc(S(N)(=O)=O)cc3)c3ccccc3)c2)c1. The highest BCUT2D eigenvalue weighted by molar-refractivity contribution is 8.00. The fraction of sp³-hybridized carbons (Fsp3) is 0.0714. The van der Waals surface area contributed by atoms with Crippen molar-refractivity contribution in [1.29, 1.82) is 0 Å². The summed E-state index contributed by atoms with van der Waals surface area (Å²) in [5, 5.41) is 10.3. The molecule has 2 amide bonds. The van der Waals surface area contributed by atoms with Crippen molar-refractivity contribution in [2.24, 2.45) is 5.14 Å². The maximum absolute atomic E-state index is 13.3. The number of primary sulfonamides is 1. The van der Waals surface area contributed by atoms with Crippen molar-refractivity contribution in [2.45, 2.75) is 22.0 Å². The van der Waals surface area contributed by atoms with Crippen molar-refractivity contribution in [1.82, 2.24) is 0 Å². The summed E-state index contributed by atoms with van der Waals surface area (Å²) in [7, 11) is -3.83. The van der Waals surface area contributed by atoms with Crippen molar-refractivity contribution < 1.29 is 18.0 Å². The maximum Gasteiger partial charge on any atom is 0.255 e. The van der Waals surface area contributed by atoms with E-state index in [1.165, 1.54) is 36.0 Å². The van der Waals surface area contributed by atoms with Gasteiger partial charge in [0.15, 0.2) is 0 Å². The number of nitrogens with one attached hydrogen (secondary N) is 2. The molecule has 188 valence electrons. The second-order valence-electron chi connectivity index (χ2n) is 8.32. The summed E-state index contributed by atoms with van der Waals surface area (Å²) in [6.07, 6.45) is 0. The average molecular weight is 532 g/mol. The number of anilines is 2. The van der Waals surface area contributed by atoms with E-state index in [-0.39, 0.29) is 16.7 Å². The van der Waals surface area contributed by atoms with Crippen molar-refractivity contribution >= 4 is 45.0 Å². The lowest BCUT2D eigenvalue weighted by Crippen LogP contribution is -2.19. The first kappa shape index (κ1) is 26.2. The maximum atomic E-state index is 13.3. The summed E-state index contributed by atoms with van der Waals surface area (Å²) in [5.74, 6) is -0.500. The van der Waals surface area contributed by atoms with E-state index in [1.54, 1.807) is 12.1 Å². The summed E-state index contributed by atoms with van der Waals surface area (Å²) < 4.78 is 23.0. The molecule has 4 aromatic carbocycles. The molecule has 9 heteroatoms. The molecule has 1 unspecified atom stereocenters. The molecular weight excluding hydrogens is 506 g/mol. The molecular formula is C28H25N3O4S2. The Labute approximate surface area is 220 Å². The lowest BCUT2D eigenvalue weighted by Gasteiger charge is -2.18. The second-order valence-corrected chi connectivity index (χ2v) is 11.1. The number of hydrogen-bond acceptors (Lipinski definition) is 5. The van der Waals surface area contributed by atoms with Gasteiger partial charge in [-0.3, -0.25) is 9.59 Å². The first-order valence-electron chi connectivity index (χ1n) is 11.3. The van der Waals surface area contributed by atoms with Crippen LogP contribution < -0.4 is 15.8 Å². The highest BCUT2D eigenvalue weighted by atomic mass is 32.2. The number of amides is 2. The van der Waals surface area contributed by atoms with Gasteiger partial charge in [0.05, 0.1) is 4.90 Å². The van der Waals surface area contributed by atoms with Crippen molar-refractivity contribution in [3.8, 4) is 0 Å². The van der Waals surface area contributed by atoms with Crippen LogP contribution in [0.2, 0.25) is 0 Å². The molecule has 0 heterocycles. The summed E-state index contributed by atoms with van der Waals surface area (Å²) in [6.45, 7) is 1.93. The molecule has 0 saturated heterocycles. The molecule has 0 fully saturated rings. The van der Waals surface area contributed by atoms with E-state index in [0.29, 0.717) is 16.9 Å². The van der Waals surface area contributed by atoms with Crippen LogP contribution in [-0.4, -0.2) is 20.2 Å². The highest BCUT2D eigenvalue weighted by Crippen LogP contribution is 2.37. The van der Waals surface area contributed by atoms with E-state index in [1.807, 2.05) is 73.7 Å². The molecule has 7 nitrogen and oxygen atoms in total. The van der Waals surface area contributed by atoms with Gasteiger partial charge in [-0.15, -0.1) is 11.8 Å². The Morgan fingerprint density at radius 3 is 2.16 bits per heavy atom. The van der Waals surface area contributed by atoms with E-state index in [4.69, 9.17) is 5.14 Å². The fourth-order valence-corrected chi connectivity index (χ4v) is 5.21. The summed E-state index contributed by atoms with van der Waals surface area (Å²) in [5.41, 5.74) is 3.40. The normalized spacial score (nSPS) is 11.9. The predicted octanol–water partition coefficient (Wildman–Crippen LogP) is 5.37. The van der Waals surface area contributed by atoms with Crippen molar-refractivity contribution in [2.75, 3.05) is 10.6 Å². The van der Waals surface area contributed by atoms with E-state index < -0.39 is 15.3 Å². The van der Waals surface area contributed by atoms with Gasteiger partial charge in [0.25, 0.3) is 5.91 Å².